The van der Waals surface area contributed by atoms with Gasteiger partial charge in [-0.2, -0.15) is 0 Å². The molecule has 0 aliphatic carbocycles. The summed E-state index contributed by atoms with van der Waals surface area (Å²) in [5.41, 5.74) is 8.50. The molecule has 0 saturated heterocycles. The molecular weight excluding hydrogens is 472 g/mol. The number of amides is 1. The predicted molar refractivity (Wildman–Crippen MR) is 154 cm³/mol. The zero-order valence-electron chi connectivity index (χ0n) is 23.5. The Hall–Kier alpha value is -3.86. The molecule has 1 N–H and O–H groups in total. The maximum atomic E-state index is 13.2. The van der Waals surface area contributed by atoms with Crippen LogP contribution < -0.4 is 10.1 Å². The first-order valence-corrected chi connectivity index (χ1v) is 13.3. The Morgan fingerprint density at radius 2 is 1.68 bits per heavy atom. The Morgan fingerprint density at radius 3 is 2.39 bits per heavy atom. The maximum Gasteiger partial charge on any atom is 0.251 e. The van der Waals surface area contributed by atoms with E-state index >= 15 is 0 Å². The van der Waals surface area contributed by atoms with Crippen LogP contribution in [0.2, 0.25) is 0 Å². The average molecular weight is 511 g/mol. The zero-order chi connectivity index (χ0) is 27.6. The van der Waals surface area contributed by atoms with E-state index in [-0.39, 0.29) is 11.9 Å². The minimum absolute atomic E-state index is 0.0798. The maximum absolute atomic E-state index is 13.2. The van der Waals surface area contributed by atoms with Crippen LogP contribution in [0.25, 0.3) is 10.9 Å². The van der Waals surface area contributed by atoms with Crippen molar-refractivity contribution in [2.24, 2.45) is 0 Å². The fourth-order valence-corrected chi connectivity index (χ4v) is 4.83. The summed E-state index contributed by atoms with van der Waals surface area (Å²) < 4.78 is 8.07. The topological polar surface area (TPSA) is 60.3 Å². The lowest BCUT2D eigenvalue weighted by molar-refractivity contribution is -0.113. The normalized spacial score (nSPS) is 12.9. The minimum atomic E-state index is -0.494. The number of ether oxygens (including phenoxy) is 1. The number of hydrogen-bond acceptors (Lipinski definition) is 3. The van der Waals surface area contributed by atoms with Crippen LogP contribution in [0.15, 0.2) is 60.7 Å². The van der Waals surface area contributed by atoms with Gasteiger partial charge in [-0.25, -0.2) is 0 Å². The molecule has 0 aliphatic heterocycles. The number of carbonyl (C=O) groups excluding carboxylic acids is 2. The molecule has 1 amide bonds. The lowest BCUT2D eigenvalue weighted by atomic mass is 9.98. The van der Waals surface area contributed by atoms with Gasteiger partial charge < -0.3 is 14.6 Å². The molecule has 0 radical (unpaired) electrons. The second-order valence-electron chi connectivity index (χ2n) is 10.6. The molecule has 1 unspecified atom stereocenters. The molecular formula is C33H38N2O3. The molecule has 0 fully saturated rings. The molecule has 3 aromatic carbocycles. The van der Waals surface area contributed by atoms with Crippen molar-refractivity contribution < 1.29 is 14.3 Å². The third-order valence-electron chi connectivity index (χ3n) is 7.42. The Balaban J connectivity index is 1.58. The van der Waals surface area contributed by atoms with E-state index in [1.165, 1.54) is 5.56 Å². The lowest BCUT2D eigenvalue weighted by Crippen LogP contribution is -2.26. The van der Waals surface area contributed by atoms with Gasteiger partial charge in [0.15, 0.2) is 12.4 Å². The van der Waals surface area contributed by atoms with Crippen LogP contribution in [0.4, 0.5) is 0 Å². The van der Waals surface area contributed by atoms with E-state index in [1.807, 2.05) is 44.2 Å². The predicted octanol–water partition coefficient (Wildman–Crippen LogP) is 7.20. The molecule has 2 atom stereocenters. The van der Waals surface area contributed by atoms with Crippen molar-refractivity contribution >= 4 is 23.1 Å². The molecule has 0 bridgehead atoms. The van der Waals surface area contributed by atoms with Crippen molar-refractivity contribution in [3.8, 4) is 5.75 Å². The van der Waals surface area contributed by atoms with Gasteiger partial charge >= 0.3 is 0 Å². The number of aromatic nitrogens is 1. The third kappa shape index (κ3) is 5.67. The molecule has 1 heterocycles. The largest absolute Gasteiger partial charge is 0.483 e. The smallest absolute Gasteiger partial charge is 0.251 e. The average Bonchev–Trinajstić information content (AvgIpc) is 3.14. The van der Waals surface area contributed by atoms with Crippen molar-refractivity contribution in [3.63, 3.8) is 0 Å². The molecule has 5 heteroatoms. The highest BCUT2D eigenvalue weighted by Crippen LogP contribution is 2.29. The minimum Gasteiger partial charge on any atom is -0.483 e. The van der Waals surface area contributed by atoms with Crippen LogP contribution in [0.3, 0.4) is 0 Å². The van der Waals surface area contributed by atoms with Gasteiger partial charge in [0.25, 0.3) is 5.91 Å². The SMILES string of the molecule is Cc1ccc(Cn2c(C)c(C)c3cc(C(=O)NC(C)c4cccc(C(C)C)c4)ccc32)cc1O[C@@H](C)C=O. The van der Waals surface area contributed by atoms with Crippen LogP contribution in [-0.2, 0) is 11.3 Å². The monoisotopic (exact) mass is 510 g/mol. The Bertz CT molecular complexity index is 1480. The number of hydrogen-bond donors (Lipinski definition) is 1. The van der Waals surface area contributed by atoms with Gasteiger partial charge in [-0.1, -0.05) is 50.2 Å². The van der Waals surface area contributed by atoms with Gasteiger partial charge in [0.1, 0.15) is 5.75 Å². The van der Waals surface area contributed by atoms with Crippen molar-refractivity contribution in [1.29, 1.82) is 0 Å². The first kappa shape index (κ1) is 27.2. The van der Waals surface area contributed by atoms with Gasteiger partial charge in [0, 0.05) is 28.7 Å². The van der Waals surface area contributed by atoms with E-state index in [9.17, 15) is 9.59 Å². The summed E-state index contributed by atoms with van der Waals surface area (Å²) >= 11 is 0. The van der Waals surface area contributed by atoms with Gasteiger partial charge in [-0.15, -0.1) is 0 Å². The van der Waals surface area contributed by atoms with E-state index in [2.05, 4.69) is 67.9 Å². The van der Waals surface area contributed by atoms with E-state index in [0.717, 1.165) is 50.9 Å². The second kappa shape index (κ2) is 11.3. The Morgan fingerprint density at radius 1 is 0.947 bits per heavy atom. The molecule has 4 aromatic rings. The summed E-state index contributed by atoms with van der Waals surface area (Å²) in [4.78, 5) is 24.3. The fourth-order valence-electron chi connectivity index (χ4n) is 4.83. The highest BCUT2D eigenvalue weighted by atomic mass is 16.5. The zero-order valence-corrected chi connectivity index (χ0v) is 23.5. The molecule has 5 nitrogen and oxygen atoms in total. The second-order valence-corrected chi connectivity index (χ2v) is 10.6. The number of carbonyl (C=O) groups is 2. The van der Waals surface area contributed by atoms with Gasteiger partial charge in [0.05, 0.1) is 6.04 Å². The molecule has 4 rings (SSSR count). The van der Waals surface area contributed by atoms with Crippen molar-refractivity contribution in [1.82, 2.24) is 9.88 Å². The van der Waals surface area contributed by atoms with E-state index < -0.39 is 6.10 Å². The summed E-state index contributed by atoms with van der Waals surface area (Å²) in [7, 11) is 0. The highest BCUT2D eigenvalue weighted by Gasteiger charge is 2.17. The number of nitrogens with zero attached hydrogens (tertiary/aromatic N) is 1. The molecule has 0 spiro atoms. The Kier molecular flexibility index (Phi) is 8.05. The van der Waals surface area contributed by atoms with Crippen molar-refractivity contribution in [2.75, 3.05) is 0 Å². The van der Waals surface area contributed by atoms with Crippen LogP contribution in [-0.4, -0.2) is 22.9 Å². The summed E-state index contributed by atoms with van der Waals surface area (Å²) in [5.74, 6) is 1.08. The number of nitrogens with one attached hydrogen (secondary N) is 1. The van der Waals surface area contributed by atoms with Crippen LogP contribution in [0.5, 0.6) is 5.75 Å². The highest BCUT2D eigenvalue weighted by molar-refractivity contribution is 5.99. The number of aldehydes is 1. The summed E-state index contributed by atoms with van der Waals surface area (Å²) in [6.07, 6.45) is 0.308. The van der Waals surface area contributed by atoms with Crippen LogP contribution in [0, 0.1) is 20.8 Å². The van der Waals surface area contributed by atoms with Crippen molar-refractivity contribution in [3.05, 3.63) is 99.7 Å². The third-order valence-corrected chi connectivity index (χ3v) is 7.42. The first-order valence-electron chi connectivity index (χ1n) is 13.3. The lowest BCUT2D eigenvalue weighted by Gasteiger charge is -2.17. The van der Waals surface area contributed by atoms with Crippen LogP contribution >= 0.6 is 0 Å². The van der Waals surface area contributed by atoms with E-state index in [1.54, 1.807) is 6.92 Å². The van der Waals surface area contributed by atoms with Gasteiger partial charge in [-0.05, 0) is 92.6 Å². The first-order chi connectivity index (χ1) is 18.1. The number of aryl methyl sites for hydroxylation is 2. The van der Waals surface area contributed by atoms with Crippen molar-refractivity contribution in [2.45, 2.75) is 73.1 Å². The van der Waals surface area contributed by atoms with Gasteiger partial charge in [-0.3, -0.25) is 9.59 Å². The molecule has 198 valence electrons. The van der Waals surface area contributed by atoms with Crippen LogP contribution in [0.1, 0.15) is 83.5 Å². The fraction of sp³-hybridized carbons (Fsp3) is 0.333. The summed E-state index contributed by atoms with van der Waals surface area (Å²) in [6, 6.07) is 20.4. The summed E-state index contributed by atoms with van der Waals surface area (Å²) in [6.45, 7) is 15.0. The molecule has 0 aliphatic rings. The molecule has 38 heavy (non-hydrogen) atoms. The summed E-state index contributed by atoms with van der Waals surface area (Å²) in [5, 5.41) is 4.24. The Labute approximate surface area is 225 Å². The van der Waals surface area contributed by atoms with Gasteiger partial charge in [0.2, 0.25) is 0 Å². The number of rotatable bonds is 9. The number of benzene rings is 3. The standard InChI is InChI=1S/C33H38N2O3/c1-20(2)27-9-8-10-28(16-27)24(6)34-33(37)29-13-14-31-30(17-29)23(5)25(7)35(31)18-26-12-11-21(3)32(15-26)38-22(4)19-36/h8-17,19-20,22,24H,18H2,1-7H3,(H,34,37)/t22-,24?/m0/s1. The molecule has 1 aromatic heterocycles. The molecule has 0 saturated carbocycles. The quantitative estimate of drug-likeness (QED) is 0.242. The van der Waals surface area contributed by atoms with E-state index in [0.29, 0.717) is 18.0 Å². The van der Waals surface area contributed by atoms with E-state index in [4.69, 9.17) is 4.74 Å². The number of fused-ring (bicyclic) bond motifs is 1.